The second-order valence-corrected chi connectivity index (χ2v) is 13.1. The van der Waals surface area contributed by atoms with Crippen LogP contribution in [0.25, 0.3) is 99.8 Å². The molecule has 0 saturated heterocycles. The number of rotatable bonds is 4. The van der Waals surface area contributed by atoms with Crippen LogP contribution in [0.5, 0.6) is 0 Å². The summed E-state index contributed by atoms with van der Waals surface area (Å²) in [6, 6.07) is 58.7. The first-order chi connectivity index (χ1) is 25.8. The van der Waals surface area contributed by atoms with Crippen LogP contribution in [0.3, 0.4) is 0 Å². The Balaban J connectivity index is 1.29. The van der Waals surface area contributed by atoms with Gasteiger partial charge in [0.2, 0.25) is 0 Å². The van der Waals surface area contributed by atoms with E-state index < -0.39 is 0 Å². The topological polar surface area (TPSA) is 61.4 Å². The second-order valence-electron chi connectivity index (χ2n) is 13.1. The zero-order valence-electron chi connectivity index (χ0n) is 27.8. The Hall–Kier alpha value is -7.18. The summed E-state index contributed by atoms with van der Waals surface area (Å²) < 4.78 is 4.59. The highest BCUT2D eigenvalue weighted by Gasteiger charge is 2.25. The number of hydrogen-bond donors (Lipinski definition) is 0. The monoisotopic (exact) mass is 664 g/mol. The van der Waals surface area contributed by atoms with Crippen molar-refractivity contribution in [1.29, 1.82) is 0 Å². The molecular weight excluding hydrogens is 637 g/mol. The van der Waals surface area contributed by atoms with Gasteiger partial charge in [-0.2, -0.15) is 0 Å². The van der Waals surface area contributed by atoms with Crippen LogP contribution in [-0.4, -0.2) is 29.1 Å². The maximum atomic E-state index is 5.34. The molecule has 4 aromatic heterocycles. The van der Waals surface area contributed by atoms with Crippen LogP contribution in [0.15, 0.2) is 170 Å². The molecule has 0 aliphatic carbocycles. The lowest BCUT2D eigenvalue weighted by atomic mass is 10.1. The Labute approximate surface area is 297 Å². The van der Waals surface area contributed by atoms with Gasteiger partial charge in [0.1, 0.15) is 11.4 Å². The number of para-hydroxylation sites is 6. The summed E-state index contributed by atoms with van der Waals surface area (Å²) in [4.78, 5) is 21.1. The summed E-state index contributed by atoms with van der Waals surface area (Å²) in [7, 11) is 0. The smallest absolute Gasteiger partial charge is 0.165 e. The van der Waals surface area contributed by atoms with E-state index in [-0.39, 0.29) is 0 Å². The van der Waals surface area contributed by atoms with Crippen LogP contribution in [0.1, 0.15) is 0 Å². The lowest BCUT2D eigenvalue weighted by Crippen LogP contribution is -2.04. The van der Waals surface area contributed by atoms with E-state index in [0.717, 1.165) is 99.8 Å². The van der Waals surface area contributed by atoms with E-state index in [1.54, 1.807) is 0 Å². The molecule has 0 N–H and O–H groups in total. The van der Waals surface area contributed by atoms with Crippen molar-refractivity contribution in [3.8, 4) is 34.2 Å². The predicted octanol–water partition coefficient (Wildman–Crippen LogP) is 11.1. The normalized spacial score (nSPS) is 11.8. The Morgan fingerprint density at radius 2 is 0.635 bits per heavy atom. The lowest BCUT2D eigenvalue weighted by molar-refractivity contribution is 1.07. The molecule has 0 aliphatic heterocycles. The summed E-state index contributed by atoms with van der Waals surface area (Å²) in [6.07, 6.45) is 0. The van der Waals surface area contributed by atoms with Crippen molar-refractivity contribution in [2.45, 2.75) is 0 Å². The van der Waals surface area contributed by atoms with Crippen LogP contribution in [0, 0.1) is 0 Å². The number of nitrogens with zero attached hydrogens (tertiary/aromatic N) is 6. The molecule has 52 heavy (non-hydrogen) atoms. The van der Waals surface area contributed by atoms with Crippen LogP contribution in [0.2, 0.25) is 0 Å². The average Bonchev–Trinajstić information content (AvgIpc) is 3.73. The molecule has 0 atom stereocenters. The third kappa shape index (κ3) is 4.18. The molecular formula is C46H28N6. The first kappa shape index (κ1) is 28.6. The van der Waals surface area contributed by atoms with Gasteiger partial charge in [0.25, 0.3) is 0 Å². The fourth-order valence-corrected chi connectivity index (χ4v) is 7.85. The Bertz CT molecular complexity index is 2960. The van der Waals surface area contributed by atoms with E-state index in [0.29, 0.717) is 0 Å². The highest BCUT2D eigenvalue weighted by atomic mass is 15.1. The molecule has 0 radical (unpaired) electrons. The third-order valence-corrected chi connectivity index (χ3v) is 10.1. The van der Waals surface area contributed by atoms with E-state index >= 15 is 0 Å². The zero-order chi connectivity index (χ0) is 34.2. The summed E-state index contributed by atoms with van der Waals surface area (Å²) in [5, 5.41) is 4.61. The minimum Gasteiger partial charge on any atom is -0.292 e. The molecule has 6 heteroatoms. The van der Waals surface area contributed by atoms with Crippen molar-refractivity contribution in [1.82, 2.24) is 29.1 Å². The Morgan fingerprint density at radius 1 is 0.288 bits per heavy atom. The number of hydrogen-bond acceptors (Lipinski definition) is 4. The summed E-state index contributed by atoms with van der Waals surface area (Å²) >= 11 is 0. The van der Waals surface area contributed by atoms with Crippen molar-refractivity contribution in [3.05, 3.63) is 170 Å². The molecule has 0 bridgehead atoms. The van der Waals surface area contributed by atoms with Crippen LogP contribution in [0.4, 0.5) is 0 Å². The van der Waals surface area contributed by atoms with E-state index in [4.69, 9.17) is 19.9 Å². The van der Waals surface area contributed by atoms with Gasteiger partial charge < -0.3 is 0 Å². The van der Waals surface area contributed by atoms with Crippen molar-refractivity contribution in [2.24, 2.45) is 0 Å². The molecule has 7 aromatic carbocycles. The molecule has 4 heterocycles. The van der Waals surface area contributed by atoms with Gasteiger partial charge >= 0.3 is 0 Å². The molecule has 6 nitrogen and oxygen atoms in total. The van der Waals surface area contributed by atoms with Gasteiger partial charge in [-0.1, -0.05) is 121 Å². The number of benzene rings is 7. The highest BCUT2D eigenvalue weighted by Crippen LogP contribution is 2.44. The SMILES string of the molecule is c1ccc(-c2nc3ccccc3nc2-n2c3ccccc3c3c4c5ccccc5n(-c5nc6ccccc6nc5-c5ccccc5)c4ccc32)cc1. The summed E-state index contributed by atoms with van der Waals surface area (Å²) in [5.41, 5.74) is 11.4. The zero-order valence-corrected chi connectivity index (χ0v) is 27.8. The van der Waals surface area contributed by atoms with E-state index in [2.05, 4.69) is 118 Å². The van der Waals surface area contributed by atoms with Gasteiger partial charge in [-0.3, -0.25) is 9.13 Å². The second kappa shape index (κ2) is 11.2. The molecule has 0 spiro atoms. The molecule has 11 aromatic rings. The molecule has 0 aliphatic rings. The maximum absolute atomic E-state index is 5.34. The maximum Gasteiger partial charge on any atom is 0.165 e. The van der Waals surface area contributed by atoms with Gasteiger partial charge in [0.05, 0.1) is 44.1 Å². The van der Waals surface area contributed by atoms with Crippen molar-refractivity contribution in [2.75, 3.05) is 0 Å². The van der Waals surface area contributed by atoms with Crippen LogP contribution < -0.4 is 0 Å². The molecule has 0 unspecified atom stereocenters. The van der Waals surface area contributed by atoms with Gasteiger partial charge in [-0.05, 0) is 48.5 Å². The molecule has 242 valence electrons. The van der Waals surface area contributed by atoms with Crippen LogP contribution >= 0.6 is 0 Å². The number of fused-ring (bicyclic) bond motifs is 9. The van der Waals surface area contributed by atoms with Gasteiger partial charge in [-0.15, -0.1) is 0 Å². The van der Waals surface area contributed by atoms with E-state index in [1.165, 1.54) is 0 Å². The summed E-state index contributed by atoms with van der Waals surface area (Å²) in [5.74, 6) is 1.59. The Kier molecular flexibility index (Phi) is 6.15. The van der Waals surface area contributed by atoms with Crippen molar-refractivity contribution < 1.29 is 0 Å². The fraction of sp³-hybridized carbons (Fsp3) is 0. The predicted molar refractivity (Wildman–Crippen MR) is 212 cm³/mol. The number of aromatic nitrogens is 6. The van der Waals surface area contributed by atoms with Crippen molar-refractivity contribution >= 4 is 65.7 Å². The molecule has 0 amide bonds. The van der Waals surface area contributed by atoms with Gasteiger partial charge in [0.15, 0.2) is 11.6 Å². The molecule has 11 rings (SSSR count). The largest absolute Gasteiger partial charge is 0.292 e. The lowest BCUT2D eigenvalue weighted by Gasteiger charge is -2.14. The van der Waals surface area contributed by atoms with Crippen molar-refractivity contribution in [3.63, 3.8) is 0 Å². The fourth-order valence-electron chi connectivity index (χ4n) is 7.85. The first-order valence-corrected chi connectivity index (χ1v) is 17.4. The third-order valence-electron chi connectivity index (χ3n) is 10.1. The van der Waals surface area contributed by atoms with Gasteiger partial charge in [-0.25, -0.2) is 19.9 Å². The van der Waals surface area contributed by atoms with Gasteiger partial charge in [0, 0.05) is 32.7 Å². The quantitative estimate of drug-likeness (QED) is 0.188. The standard InChI is InChI=1S/C46H28N6/c1-3-15-29(16-4-1)43-45(49-35-23-11-9-21-33(35)47-43)51-37-25-13-7-19-31(37)41-39(51)27-28-40-42(41)32-20-8-14-26-38(32)52(40)46-44(30-17-5-2-6-18-30)48-34-22-10-12-24-36(34)50-46/h1-28H. The highest BCUT2D eigenvalue weighted by molar-refractivity contribution is 6.29. The van der Waals surface area contributed by atoms with E-state index in [9.17, 15) is 0 Å². The Morgan fingerprint density at radius 3 is 1.06 bits per heavy atom. The minimum atomic E-state index is 0.797. The summed E-state index contributed by atoms with van der Waals surface area (Å²) in [6.45, 7) is 0. The molecule has 0 saturated carbocycles. The first-order valence-electron chi connectivity index (χ1n) is 17.4. The molecule has 0 fully saturated rings. The minimum absolute atomic E-state index is 0.797. The van der Waals surface area contributed by atoms with Crippen LogP contribution in [-0.2, 0) is 0 Å². The van der Waals surface area contributed by atoms with E-state index in [1.807, 2.05) is 60.7 Å². The average molecular weight is 665 g/mol.